The molecule has 0 aromatic heterocycles. The van der Waals surface area contributed by atoms with Crippen LogP contribution in [0.2, 0.25) is 0 Å². The number of carbonyl (C=O) groups is 2. The first-order valence-corrected chi connectivity index (χ1v) is 9.34. The molecule has 3 aromatic rings. The molecular weight excluding hydrogens is 386 g/mol. The van der Waals surface area contributed by atoms with Crippen LogP contribution in [0.1, 0.15) is 16.7 Å². The standard InChI is InChI=1S/C24H18F2N2O2/c1-14-6-8-16(9-7-14)21-22(27-18-5-3-4-15(2)12-18)24(30)28(23(21)29)20-11-10-17(25)13-19(20)26/h3-13,27H,1-2H3. The zero-order valence-corrected chi connectivity index (χ0v) is 16.4. The van der Waals surface area contributed by atoms with Crippen LogP contribution >= 0.6 is 0 Å². The summed E-state index contributed by atoms with van der Waals surface area (Å²) in [4.78, 5) is 27.2. The Hall–Kier alpha value is -3.80. The van der Waals surface area contributed by atoms with Crippen molar-refractivity contribution in [1.29, 1.82) is 0 Å². The van der Waals surface area contributed by atoms with E-state index >= 15 is 0 Å². The molecule has 0 radical (unpaired) electrons. The lowest BCUT2D eigenvalue weighted by molar-refractivity contribution is -0.120. The fraction of sp³-hybridized carbons (Fsp3) is 0.0833. The number of amides is 2. The lowest BCUT2D eigenvalue weighted by atomic mass is 10.0. The van der Waals surface area contributed by atoms with E-state index < -0.39 is 23.4 Å². The monoisotopic (exact) mass is 404 g/mol. The maximum Gasteiger partial charge on any atom is 0.282 e. The summed E-state index contributed by atoms with van der Waals surface area (Å²) < 4.78 is 27.8. The quantitative estimate of drug-likeness (QED) is 0.624. The topological polar surface area (TPSA) is 49.4 Å². The van der Waals surface area contributed by atoms with E-state index in [4.69, 9.17) is 0 Å². The third kappa shape index (κ3) is 3.48. The second kappa shape index (κ2) is 7.55. The highest BCUT2D eigenvalue weighted by atomic mass is 19.1. The Balaban J connectivity index is 1.84. The predicted octanol–water partition coefficient (Wildman–Crippen LogP) is 4.98. The van der Waals surface area contributed by atoms with Gasteiger partial charge in [-0.3, -0.25) is 9.59 Å². The van der Waals surface area contributed by atoms with Crippen molar-refractivity contribution >= 4 is 28.8 Å². The molecule has 30 heavy (non-hydrogen) atoms. The smallest absolute Gasteiger partial charge is 0.282 e. The van der Waals surface area contributed by atoms with Gasteiger partial charge in [-0.1, -0.05) is 42.0 Å². The van der Waals surface area contributed by atoms with Crippen LogP contribution in [0.15, 0.2) is 72.4 Å². The first-order valence-electron chi connectivity index (χ1n) is 9.34. The number of carbonyl (C=O) groups excluding carboxylic acids is 2. The highest BCUT2D eigenvalue weighted by Gasteiger charge is 2.41. The van der Waals surface area contributed by atoms with Crippen molar-refractivity contribution in [3.8, 4) is 0 Å². The van der Waals surface area contributed by atoms with Crippen LogP contribution in [0.4, 0.5) is 20.2 Å². The van der Waals surface area contributed by atoms with E-state index in [9.17, 15) is 18.4 Å². The molecule has 1 aliphatic rings. The Morgan fingerprint density at radius 2 is 1.53 bits per heavy atom. The van der Waals surface area contributed by atoms with Crippen LogP contribution in [-0.4, -0.2) is 11.8 Å². The van der Waals surface area contributed by atoms with Crippen molar-refractivity contribution in [2.45, 2.75) is 13.8 Å². The molecule has 0 saturated heterocycles. The molecule has 150 valence electrons. The fourth-order valence-corrected chi connectivity index (χ4v) is 3.38. The van der Waals surface area contributed by atoms with Crippen molar-refractivity contribution in [2.75, 3.05) is 10.2 Å². The Morgan fingerprint density at radius 3 is 2.20 bits per heavy atom. The van der Waals surface area contributed by atoms with Gasteiger partial charge in [0.25, 0.3) is 11.8 Å². The maximum atomic E-state index is 14.4. The highest BCUT2D eigenvalue weighted by molar-refractivity contribution is 6.46. The number of aryl methyl sites for hydroxylation is 2. The summed E-state index contributed by atoms with van der Waals surface area (Å²) in [5, 5.41) is 3.03. The number of halogens is 2. The molecule has 0 saturated carbocycles. The molecule has 2 amide bonds. The SMILES string of the molecule is Cc1ccc(C2=C(Nc3cccc(C)c3)C(=O)N(c3ccc(F)cc3F)C2=O)cc1. The van der Waals surface area contributed by atoms with Crippen LogP contribution in [0.3, 0.4) is 0 Å². The number of anilines is 2. The van der Waals surface area contributed by atoms with Gasteiger partial charge in [-0.2, -0.15) is 0 Å². The Bertz CT molecular complexity index is 1200. The normalized spacial score (nSPS) is 13.9. The summed E-state index contributed by atoms with van der Waals surface area (Å²) in [6.45, 7) is 3.81. The van der Waals surface area contributed by atoms with Gasteiger partial charge in [-0.25, -0.2) is 13.7 Å². The molecule has 1 N–H and O–H groups in total. The fourth-order valence-electron chi connectivity index (χ4n) is 3.38. The molecular formula is C24H18F2N2O2. The molecule has 3 aromatic carbocycles. The minimum absolute atomic E-state index is 0.0400. The summed E-state index contributed by atoms with van der Waals surface area (Å²) in [7, 11) is 0. The van der Waals surface area contributed by atoms with Gasteiger partial charge in [0.2, 0.25) is 0 Å². The Morgan fingerprint density at radius 1 is 0.800 bits per heavy atom. The molecule has 0 fully saturated rings. The van der Waals surface area contributed by atoms with E-state index in [2.05, 4.69) is 5.32 Å². The van der Waals surface area contributed by atoms with Crippen LogP contribution in [0.5, 0.6) is 0 Å². The van der Waals surface area contributed by atoms with E-state index in [0.717, 1.165) is 28.2 Å². The van der Waals surface area contributed by atoms with Gasteiger partial charge < -0.3 is 5.32 Å². The number of hydrogen-bond acceptors (Lipinski definition) is 3. The van der Waals surface area contributed by atoms with Crippen LogP contribution in [0.25, 0.3) is 5.57 Å². The number of nitrogens with one attached hydrogen (secondary N) is 1. The Kier molecular flexibility index (Phi) is 4.91. The van der Waals surface area contributed by atoms with Gasteiger partial charge in [0.1, 0.15) is 17.3 Å². The van der Waals surface area contributed by atoms with Gasteiger partial charge in [0.05, 0.1) is 11.3 Å². The largest absolute Gasteiger partial charge is 0.350 e. The van der Waals surface area contributed by atoms with Crippen molar-refractivity contribution in [2.24, 2.45) is 0 Å². The van der Waals surface area contributed by atoms with Gasteiger partial charge in [0, 0.05) is 11.8 Å². The summed E-state index contributed by atoms with van der Waals surface area (Å²) in [6, 6.07) is 17.2. The number of benzene rings is 3. The summed E-state index contributed by atoms with van der Waals surface area (Å²) in [6.07, 6.45) is 0. The number of hydrogen-bond donors (Lipinski definition) is 1. The third-order valence-corrected chi connectivity index (χ3v) is 4.86. The minimum Gasteiger partial charge on any atom is -0.350 e. The van der Waals surface area contributed by atoms with E-state index in [1.54, 1.807) is 18.2 Å². The van der Waals surface area contributed by atoms with Gasteiger partial charge in [-0.15, -0.1) is 0 Å². The molecule has 4 rings (SSSR count). The molecule has 6 heteroatoms. The average molecular weight is 404 g/mol. The molecule has 0 unspecified atom stereocenters. The number of imide groups is 1. The van der Waals surface area contributed by atoms with E-state index in [1.807, 2.05) is 44.2 Å². The summed E-state index contributed by atoms with van der Waals surface area (Å²) in [5.41, 5.74) is 2.98. The first kappa shape index (κ1) is 19.5. The van der Waals surface area contributed by atoms with Crippen molar-refractivity contribution in [3.05, 3.63) is 101 Å². The minimum atomic E-state index is -0.989. The second-order valence-corrected chi connectivity index (χ2v) is 7.15. The lowest BCUT2D eigenvalue weighted by Gasteiger charge is -2.16. The third-order valence-electron chi connectivity index (χ3n) is 4.86. The molecule has 0 bridgehead atoms. The van der Waals surface area contributed by atoms with Gasteiger partial charge >= 0.3 is 0 Å². The summed E-state index contributed by atoms with van der Waals surface area (Å²) in [5.74, 6) is -3.16. The van der Waals surface area contributed by atoms with Crippen molar-refractivity contribution < 1.29 is 18.4 Å². The summed E-state index contributed by atoms with van der Waals surface area (Å²) >= 11 is 0. The lowest BCUT2D eigenvalue weighted by Crippen LogP contribution is -2.33. The van der Waals surface area contributed by atoms with E-state index in [0.29, 0.717) is 17.3 Å². The molecule has 1 aliphatic heterocycles. The molecule has 0 atom stereocenters. The van der Waals surface area contributed by atoms with E-state index in [1.165, 1.54) is 0 Å². The van der Waals surface area contributed by atoms with Crippen molar-refractivity contribution in [3.63, 3.8) is 0 Å². The molecule has 4 nitrogen and oxygen atoms in total. The van der Waals surface area contributed by atoms with Crippen LogP contribution in [0, 0.1) is 25.5 Å². The zero-order chi connectivity index (χ0) is 21.4. The number of rotatable bonds is 4. The Labute approximate surface area is 172 Å². The van der Waals surface area contributed by atoms with Gasteiger partial charge in [-0.05, 0) is 49.2 Å². The van der Waals surface area contributed by atoms with Crippen LogP contribution in [-0.2, 0) is 9.59 Å². The first-order chi connectivity index (χ1) is 14.3. The maximum absolute atomic E-state index is 14.4. The van der Waals surface area contributed by atoms with Crippen molar-refractivity contribution in [1.82, 2.24) is 0 Å². The molecule has 1 heterocycles. The average Bonchev–Trinajstić information content (AvgIpc) is 2.93. The highest BCUT2D eigenvalue weighted by Crippen LogP contribution is 2.35. The van der Waals surface area contributed by atoms with Crippen LogP contribution < -0.4 is 10.2 Å². The van der Waals surface area contributed by atoms with Gasteiger partial charge in [0.15, 0.2) is 0 Å². The predicted molar refractivity (Wildman–Crippen MR) is 112 cm³/mol. The number of nitrogens with zero attached hydrogens (tertiary/aromatic N) is 1. The zero-order valence-electron chi connectivity index (χ0n) is 16.4. The van der Waals surface area contributed by atoms with E-state index in [-0.39, 0.29) is 17.0 Å². The second-order valence-electron chi connectivity index (χ2n) is 7.15. The molecule has 0 spiro atoms. The molecule has 0 aliphatic carbocycles.